The molecule has 0 bridgehead atoms. The Labute approximate surface area is 158 Å². The maximum absolute atomic E-state index is 12.6. The van der Waals surface area contributed by atoms with Crippen LogP contribution in [-0.2, 0) is 10.3 Å². The van der Waals surface area contributed by atoms with Crippen molar-refractivity contribution in [3.8, 4) is 5.75 Å². The van der Waals surface area contributed by atoms with Crippen LogP contribution in [0.25, 0.3) is 0 Å². The third-order valence-electron chi connectivity index (χ3n) is 3.42. The van der Waals surface area contributed by atoms with Crippen LogP contribution >= 0.6 is 31.9 Å². The molecule has 128 valence electrons. The summed E-state index contributed by atoms with van der Waals surface area (Å²) in [5, 5.41) is 3.01. The van der Waals surface area contributed by atoms with Crippen LogP contribution in [0.2, 0.25) is 0 Å². The maximum Gasteiger partial charge on any atom is 0.261 e. The standard InChI is InChI=1S/C17H19Br2N3O2/c1-4-12(24-11-9-14(18)21-15(19)10-11)16(23)22-17(2,3)13-7-5-6-8-20-13/h5-10,12H,4H2,1-3H3,(H,22,23)/t12-/m0/s1. The quantitative estimate of drug-likeness (QED) is 0.661. The molecule has 0 unspecified atom stereocenters. The summed E-state index contributed by atoms with van der Waals surface area (Å²) >= 11 is 6.62. The molecule has 24 heavy (non-hydrogen) atoms. The van der Waals surface area contributed by atoms with Gasteiger partial charge in [-0.15, -0.1) is 0 Å². The second kappa shape index (κ2) is 8.07. The average Bonchev–Trinajstić information content (AvgIpc) is 2.52. The average molecular weight is 457 g/mol. The van der Waals surface area contributed by atoms with Crippen molar-refractivity contribution in [3.05, 3.63) is 51.4 Å². The summed E-state index contributed by atoms with van der Waals surface area (Å²) in [7, 11) is 0. The summed E-state index contributed by atoms with van der Waals surface area (Å²) in [6.07, 6.45) is 1.65. The summed E-state index contributed by atoms with van der Waals surface area (Å²) in [4.78, 5) is 21.1. The molecule has 0 aliphatic rings. The molecular weight excluding hydrogens is 438 g/mol. The Morgan fingerprint density at radius 1 is 1.29 bits per heavy atom. The number of hydrogen-bond acceptors (Lipinski definition) is 4. The first-order valence-electron chi connectivity index (χ1n) is 7.55. The van der Waals surface area contributed by atoms with Gasteiger partial charge in [0.15, 0.2) is 6.10 Å². The van der Waals surface area contributed by atoms with Crippen molar-refractivity contribution in [2.75, 3.05) is 0 Å². The number of ether oxygens (including phenoxy) is 1. The molecule has 2 heterocycles. The molecule has 2 rings (SSSR count). The highest BCUT2D eigenvalue weighted by molar-refractivity contribution is 9.11. The summed E-state index contributed by atoms with van der Waals surface area (Å²) in [5.41, 5.74) is 0.205. The van der Waals surface area contributed by atoms with Gasteiger partial charge in [-0.2, -0.15) is 0 Å². The molecule has 0 radical (unpaired) electrons. The first-order valence-corrected chi connectivity index (χ1v) is 9.13. The molecule has 0 aromatic carbocycles. The highest BCUT2D eigenvalue weighted by atomic mass is 79.9. The zero-order chi connectivity index (χ0) is 17.7. The molecule has 1 amide bonds. The van der Waals surface area contributed by atoms with Crippen LogP contribution in [0.5, 0.6) is 5.75 Å². The van der Waals surface area contributed by atoms with E-state index in [4.69, 9.17) is 4.74 Å². The molecule has 5 nitrogen and oxygen atoms in total. The lowest BCUT2D eigenvalue weighted by Gasteiger charge is -2.28. The number of nitrogens with zero attached hydrogens (tertiary/aromatic N) is 2. The molecule has 2 aromatic rings. The van der Waals surface area contributed by atoms with Crippen molar-refractivity contribution in [2.24, 2.45) is 0 Å². The van der Waals surface area contributed by atoms with Gasteiger partial charge in [-0.25, -0.2) is 4.98 Å². The lowest BCUT2D eigenvalue weighted by Crippen LogP contribution is -2.47. The Bertz CT molecular complexity index is 688. The van der Waals surface area contributed by atoms with Crippen LogP contribution in [0.1, 0.15) is 32.9 Å². The van der Waals surface area contributed by atoms with Gasteiger partial charge in [0.05, 0.1) is 11.2 Å². The predicted molar refractivity (Wildman–Crippen MR) is 99.7 cm³/mol. The van der Waals surface area contributed by atoms with Gasteiger partial charge in [0.1, 0.15) is 15.0 Å². The van der Waals surface area contributed by atoms with Crippen LogP contribution in [-0.4, -0.2) is 22.0 Å². The van der Waals surface area contributed by atoms with E-state index in [0.717, 1.165) is 5.69 Å². The van der Waals surface area contributed by atoms with Gasteiger partial charge in [-0.05, 0) is 64.3 Å². The fraction of sp³-hybridized carbons (Fsp3) is 0.353. The number of amides is 1. The second-order valence-corrected chi connectivity index (χ2v) is 7.42. The van der Waals surface area contributed by atoms with Gasteiger partial charge in [0.2, 0.25) is 0 Å². The molecule has 0 aliphatic heterocycles. The third kappa shape index (κ3) is 5.01. The minimum atomic E-state index is -0.603. The van der Waals surface area contributed by atoms with Gasteiger partial charge in [0.25, 0.3) is 5.91 Å². The number of hydrogen-bond donors (Lipinski definition) is 1. The van der Waals surface area contributed by atoms with Crippen molar-refractivity contribution < 1.29 is 9.53 Å². The van der Waals surface area contributed by atoms with Gasteiger partial charge in [-0.1, -0.05) is 13.0 Å². The normalized spacial score (nSPS) is 12.5. The number of aromatic nitrogens is 2. The molecule has 2 aromatic heterocycles. The van der Waals surface area contributed by atoms with E-state index in [0.29, 0.717) is 21.4 Å². The number of carbonyl (C=O) groups is 1. The van der Waals surface area contributed by atoms with E-state index < -0.39 is 11.6 Å². The fourth-order valence-electron chi connectivity index (χ4n) is 2.18. The molecule has 0 saturated heterocycles. The number of rotatable bonds is 6. The van der Waals surface area contributed by atoms with Crippen molar-refractivity contribution in [2.45, 2.75) is 38.8 Å². The highest BCUT2D eigenvalue weighted by Crippen LogP contribution is 2.24. The third-order valence-corrected chi connectivity index (χ3v) is 4.23. The van der Waals surface area contributed by atoms with Crippen LogP contribution < -0.4 is 10.1 Å². The number of carbonyl (C=O) groups excluding carboxylic acids is 1. The van der Waals surface area contributed by atoms with Gasteiger partial charge in [0, 0.05) is 18.3 Å². The number of halogens is 2. The maximum atomic E-state index is 12.6. The largest absolute Gasteiger partial charge is 0.480 e. The molecule has 0 aliphatic carbocycles. The number of nitrogens with one attached hydrogen (secondary N) is 1. The van der Waals surface area contributed by atoms with E-state index in [2.05, 4.69) is 47.1 Å². The molecular formula is C17H19Br2N3O2. The van der Waals surface area contributed by atoms with Crippen molar-refractivity contribution in [1.29, 1.82) is 0 Å². The van der Waals surface area contributed by atoms with Gasteiger partial charge >= 0.3 is 0 Å². The van der Waals surface area contributed by atoms with Crippen molar-refractivity contribution >= 4 is 37.8 Å². The van der Waals surface area contributed by atoms with E-state index >= 15 is 0 Å². The monoisotopic (exact) mass is 455 g/mol. The molecule has 0 fully saturated rings. The van der Waals surface area contributed by atoms with E-state index in [1.807, 2.05) is 39.0 Å². The van der Waals surface area contributed by atoms with Crippen LogP contribution in [0.3, 0.4) is 0 Å². The smallest absolute Gasteiger partial charge is 0.261 e. The van der Waals surface area contributed by atoms with Gasteiger partial charge < -0.3 is 10.1 Å². The predicted octanol–water partition coefficient (Wildman–Crippen LogP) is 4.21. The summed E-state index contributed by atoms with van der Waals surface area (Å²) in [6.45, 7) is 5.74. The van der Waals surface area contributed by atoms with E-state index in [1.54, 1.807) is 18.3 Å². The van der Waals surface area contributed by atoms with Crippen molar-refractivity contribution in [1.82, 2.24) is 15.3 Å². The first kappa shape index (κ1) is 18.9. The minimum Gasteiger partial charge on any atom is -0.480 e. The van der Waals surface area contributed by atoms with Gasteiger partial charge in [-0.3, -0.25) is 9.78 Å². The topological polar surface area (TPSA) is 64.1 Å². The molecule has 1 atom stereocenters. The lowest BCUT2D eigenvalue weighted by molar-refractivity contribution is -0.130. The van der Waals surface area contributed by atoms with Crippen molar-refractivity contribution in [3.63, 3.8) is 0 Å². The SMILES string of the molecule is CC[C@H](Oc1cc(Br)nc(Br)c1)C(=O)NC(C)(C)c1ccccn1. The Morgan fingerprint density at radius 3 is 2.50 bits per heavy atom. The Balaban J connectivity index is 2.11. The molecule has 0 saturated carbocycles. The fourth-order valence-corrected chi connectivity index (χ4v) is 3.25. The zero-order valence-corrected chi connectivity index (χ0v) is 16.9. The summed E-state index contributed by atoms with van der Waals surface area (Å²) < 4.78 is 7.11. The second-order valence-electron chi connectivity index (χ2n) is 5.79. The number of pyridine rings is 2. The van der Waals surface area contributed by atoms with E-state index in [-0.39, 0.29) is 5.91 Å². The summed E-state index contributed by atoms with van der Waals surface area (Å²) in [5.74, 6) is 0.388. The molecule has 7 heteroatoms. The molecule has 1 N–H and O–H groups in total. The Morgan fingerprint density at radius 2 is 1.96 bits per heavy atom. The van der Waals surface area contributed by atoms with E-state index in [9.17, 15) is 4.79 Å². The Kier molecular flexibility index (Phi) is 6.34. The lowest BCUT2D eigenvalue weighted by atomic mass is 9.99. The Hall–Kier alpha value is -1.47. The van der Waals surface area contributed by atoms with Crippen LogP contribution in [0, 0.1) is 0 Å². The highest BCUT2D eigenvalue weighted by Gasteiger charge is 2.28. The van der Waals surface area contributed by atoms with Crippen LogP contribution in [0.15, 0.2) is 45.7 Å². The minimum absolute atomic E-state index is 0.183. The zero-order valence-electron chi connectivity index (χ0n) is 13.7. The van der Waals surface area contributed by atoms with Crippen LogP contribution in [0.4, 0.5) is 0 Å². The molecule has 0 spiro atoms. The van der Waals surface area contributed by atoms with E-state index in [1.165, 1.54) is 0 Å². The summed E-state index contributed by atoms with van der Waals surface area (Å²) in [6, 6.07) is 9.09. The first-order chi connectivity index (χ1) is 11.3.